The van der Waals surface area contributed by atoms with Gasteiger partial charge in [-0.15, -0.1) is 0 Å². The van der Waals surface area contributed by atoms with E-state index in [0.717, 1.165) is 43.7 Å². The molecule has 0 bridgehead atoms. The van der Waals surface area contributed by atoms with Gasteiger partial charge in [-0.05, 0) is 48.4 Å². The van der Waals surface area contributed by atoms with Crippen molar-refractivity contribution in [2.24, 2.45) is 0 Å². The minimum Gasteiger partial charge on any atom is -0.482 e. The first kappa shape index (κ1) is 19.1. The average molecular weight is 432 g/mol. The predicted octanol–water partition coefficient (Wildman–Crippen LogP) is 4.63. The number of rotatable bonds is 3. The Morgan fingerprint density at radius 1 is 1.14 bits per heavy atom. The first-order valence-corrected chi connectivity index (χ1v) is 10.5. The van der Waals surface area contributed by atoms with E-state index in [2.05, 4.69) is 15.2 Å². The van der Waals surface area contributed by atoms with E-state index in [0.29, 0.717) is 26.7 Å². The molecule has 0 amide bonds. The number of nitrogens with zero attached hydrogens (tertiary/aromatic N) is 2. The summed E-state index contributed by atoms with van der Waals surface area (Å²) in [6.45, 7) is 3.75. The van der Waals surface area contributed by atoms with Gasteiger partial charge in [0.1, 0.15) is 23.2 Å². The predicted molar refractivity (Wildman–Crippen MR) is 113 cm³/mol. The smallest absolute Gasteiger partial charge is 0.146 e. The maximum atomic E-state index is 14.2. The molecule has 2 aliphatic rings. The van der Waals surface area contributed by atoms with Crippen LogP contribution in [0, 0.1) is 5.82 Å². The molecule has 2 heterocycles. The Morgan fingerprint density at radius 3 is 2.79 bits per heavy atom. The highest BCUT2D eigenvalue weighted by Crippen LogP contribution is 2.43. The number of hydrogen-bond acceptors (Lipinski definition) is 4. The van der Waals surface area contributed by atoms with Gasteiger partial charge < -0.3 is 10.1 Å². The molecule has 1 aliphatic heterocycles. The average Bonchev–Trinajstić information content (AvgIpc) is 3.09. The van der Waals surface area contributed by atoms with E-state index in [1.54, 1.807) is 30.5 Å². The summed E-state index contributed by atoms with van der Waals surface area (Å²) in [5, 5.41) is 5.10. The van der Waals surface area contributed by atoms with Crippen LogP contribution in [0.25, 0.3) is 10.9 Å². The molecule has 3 aromatic rings. The third-order valence-electron chi connectivity index (χ3n) is 5.82. The second-order valence-corrected chi connectivity index (χ2v) is 8.34. The monoisotopic (exact) mass is 431 g/mol. The fourth-order valence-corrected chi connectivity index (χ4v) is 5.02. The summed E-state index contributed by atoms with van der Waals surface area (Å²) in [7, 11) is 0. The van der Waals surface area contributed by atoms with Crippen molar-refractivity contribution < 1.29 is 9.13 Å². The van der Waals surface area contributed by atoms with Crippen molar-refractivity contribution in [2.45, 2.75) is 18.6 Å². The molecule has 1 aliphatic carbocycles. The summed E-state index contributed by atoms with van der Waals surface area (Å²) in [6, 6.07) is 10.4. The summed E-state index contributed by atoms with van der Waals surface area (Å²) in [5.74, 6) is 0.257. The van der Waals surface area contributed by atoms with Crippen LogP contribution in [-0.2, 0) is 6.42 Å². The van der Waals surface area contributed by atoms with Crippen LogP contribution in [0.5, 0.6) is 5.75 Å². The topological polar surface area (TPSA) is 37.4 Å². The standard InChI is InChI=1S/C22H20Cl2FN3O/c23-13-10-16-15(17(24)11-13)12-19(28-8-6-26-7-9-28)22(16)29-20-4-3-18(25)14-2-1-5-27-21(14)20/h1-5,10-11,19,22,26H,6-9,12H2/t19-,22+/m1/s1. The van der Waals surface area contributed by atoms with Gasteiger partial charge >= 0.3 is 0 Å². The molecular weight excluding hydrogens is 412 g/mol. The second kappa shape index (κ2) is 7.73. The Balaban J connectivity index is 1.58. The van der Waals surface area contributed by atoms with Gasteiger partial charge in [0.2, 0.25) is 0 Å². The molecule has 0 spiro atoms. The van der Waals surface area contributed by atoms with Crippen molar-refractivity contribution in [1.29, 1.82) is 0 Å². The molecule has 1 N–H and O–H groups in total. The lowest BCUT2D eigenvalue weighted by Crippen LogP contribution is -2.50. The zero-order chi connectivity index (χ0) is 20.0. The van der Waals surface area contributed by atoms with Crippen molar-refractivity contribution in [2.75, 3.05) is 26.2 Å². The fraction of sp³-hybridized carbons (Fsp3) is 0.318. The molecule has 1 saturated heterocycles. The van der Waals surface area contributed by atoms with Gasteiger partial charge in [0.05, 0.1) is 6.04 Å². The first-order valence-electron chi connectivity index (χ1n) is 9.74. The Kier molecular flexibility index (Phi) is 5.08. The van der Waals surface area contributed by atoms with Gasteiger partial charge in [0, 0.05) is 53.4 Å². The summed E-state index contributed by atoms with van der Waals surface area (Å²) in [6.07, 6.45) is 2.19. The molecule has 2 aromatic carbocycles. The van der Waals surface area contributed by atoms with E-state index in [-0.39, 0.29) is 18.0 Å². The van der Waals surface area contributed by atoms with E-state index in [4.69, 9.17) is 27.9 Å². The van der Waals surface area contributed by atoms with Gasteiger partial charge in [0.25, 0.3) is 0 Å². The minimum absolute atomic E-state index is 0.131. The van der Waals surface area contributed by atoms with Crippen molar-refractivity contribution in [1.82, 2.24) is 15.2 Å². The van der Waals surface area contributed by atoms with Crippen molar-refractivity contribution in [3.63, 3.8) is 0 Å². The Labute approximate surface area is 178 Å². The van der Waals surface area contributed by atoms with E-state index in [1.807, 2.05) is 6.07 Å². The van der Waals surface area contributed by atoms with Crippen LogP contribution in [0.15, 0.2) is 42.6 Å². The summed E-state index contributed by atoms with van der Waals surface area (Å²) in [4.78, 5) is 6.81. The maximum Gasteiger partial charge on any atom is 0.146 e. The SMILES string of the molecule is Fc1ccc(O[C@H]2c3cc(Cl)cc(Cl)c3C[C@H]2N2CCNCC2)c2ncccc12. The first-order chi connectivity index (χ1) is 14.1. The van der Waals surface area contributed by atoms with Crippen LogP contribution in [0.3, 0.4) is 0 Å². The molecule has 150 valence electrons. The number of ether oxygens (including phenoxy) is 1. The quantitative estimate of drug-likeness (QED) is 0.655. The lowest BCUT2D eigenvalue weighted by atomic mass is 10.1. The second-order valence-electron chi connectivity index (χ2n) is 7.50. The van der Waals surface area contributed by atoms with Crippen LogP contribution in [0.1, 0.15) is 17.2 Å². The lowest BCUT2D eigenvalue weighted by Gasteiger charge is -2.36. The van der Waals surface area contributed by atoms with Crippen molar-refractivity contribution in [3.8, 4) is 5.75 Å². The summed E-state index contributed by atoms with van der Waals surface area (Å²) < 4.78 is 20.8. The van der Waals surface area contributed by atoms with Crippen LogP contribution in [0.4, 0.5) is 4.39 Å². The highest BCUT2D eigenvalue weighted by atomic mass is 35.5. The van der Waals surface area contributed by atoms with Gasteiger partial charge in [0.15, 0.2) is 0 Å². The molecule has 1 fully saturated rings. The fourth-order valence-electron chi connectivity index (χ4n) is 4.44. The van der Waals surface area contributed by atoms with Crippen LogP contribution in [-0.4, -0.2) is 42.1 Å². The minimum atomic E-state index is -0.308. The zero-order valence-corrected chi connectivity index (χ0v) is 17.2. The summed E-state index contributed by atoms with van der Waals surface area (Å²) >= 11 is 12.9. The number of fused-ring (bicyclic) bond motifs is 2. The molecule has 7 heteroatoms. The van der Waals surface area contributed by atoms with Crippen LogP contribution in [0.2, 0.25) is 10.0 Å². The third-order valence-corrected chi connectivity index (χ3v) is 6.37. The lowest BCUT2D eigenvalue weighted by molar-refractivity contribution is 0.0702. The van der Waals surface area contributed by atoms with Gasteiger partial charge in [-0.3, -0.25) is 9.88 Å². The molecule has 0 radical (unpaired) electrons. The Bertz CT molecular complexity index is 1070. The third kappa shape index (κ3) is 3.46. The van der Waals surface area contributed by atoms with Crippen molar-refractivity contribution >= 4 is 34.1 Å². The molecule has 0 saturated carbocycles. The number of benzene rings is 2. The largest absolute Gasteiger partial charge is 0.482 e. The molecule has 2 atom stereocenters. The number of hydrogen-bond donors (Lipinski definition) is 1. The Morgan fingerprint density at radius 2 is 1.97 bits per heavy atom. The van der Waals surface area contributed by atoms with Gasteiger partial charge in [-0.2, -0.15) is 0 Å². The van der Waals surface area contributed by atoms with Crippen LogP contribution < -0.4 is 10.1 Å². The summed E-state index contributed by atoms with van der Waals surface area (Å²) in [5.41, 5.74) is 2.59. The van der Waals surface area contributed by atoms with E-state index >= 15 is 0 Å². The highest BCUT2D eigenvalue weighted by Gasteiger charge is 2.40. The molecule has 29 heavy (non-hydrogen) atoms. The number of nitrogens with one attached hydrogen (secondary N) is 1. The van der Waals surface area contributed by atoms with E-state index in [9.17, 15) is 4.39 Å². The van der Waals surface area contributed by atoms with E-state index < -0.39 is 0 Å². The normalized spacial score (nSPS) is 22.0. The number of aromatic nitrogens is 1. The number of pyridine rings is 1. The highest BCUT2D eigenvalue weighted by molar-refractivity contribution is 6.35. The van der Waals surface area contributed by atoms with Crippen molar-refractivity contribution in [3.05, 3.63) is 69.6 Å². The number of piperazine rings is 1. The van der Waals surface area contributed by atoms with E-state index in [1.165, 1.54) is 6.07 Å². The molecule has 4 nitrogen and oxygen atoms in total. The number of halogens is 3. The molecule has 5 rings (SSSR count). The molecule has 1 aromatic heterocycles. The maximum absolute atomic E-state index is 14.2. The van der Waals surface area contributed by atoms with Gasteiger partial charge in [-0.1, -0.05) is 23.2 Å². The van der Waals surface area contributed by atoms with Crippen LogP contribution >= 0.6 is 23.2 Å². The van der Waals surface area contributed by atoms with Gasteiger partial charge in [-0.25, -0.2) is 4.39 Å². The molecule has 0 unspecified atom stereocenters. The molecular formula is C22H20Cl2FN3O. The Hall–Kier alpha value is -1.92. The zero-order valence-electron chi connectivity index (χ0n) is 15.7.